The monoisotopic (exact) mass is 155 g/mol. The minimum atomic E-state index is -0.755. The number of rotatable bonds is 0. The lowest BCUT2D eigenvalue weighted by Gasteiger charge is -2.39. The molecule has 2 atom stereocenters. The highest BCUT2D eigenvalue weighted by molar-refractivity contribution is 5.79. The van der Waals surface area contributed by atoms with Gasteiger partial charge in [0.15, 0.2) is 5.96 Å². The zero-order valence-electron chi connectivity index (χ0n) is 6.38. The van der Waals surface area contributed by atoms with Gasteiger partial charge in [-0.1, -0.05) is 0 Å². The van der Waals surface area contributed by atoms with Crippen LogP contribution in [0.15, 0.2) is 4.99 Å². The highest BCUT2D eigenvalue weighted by Gasteiger charge is 2.37. The first-order valence-electron chi connectivity index (χ1n) is 4.02. The third-order valence-electron chi connectivity index (χ3n) is 2.38. The molecule has 4 nitrogen and oxygen atoms in total. The lowest BCUT2D eigenvalue weighted by atomic mass is 9.87. The van der Waals surface area contributed by atoms with Gasteiger partial charge >= 0.3 is 0 Å². The molecule has 0 radical (unpaired) electrons. The van der Waals surface area contributed by atoms with Crippen LogP contribution in [0.3, 0.4) is 0 Å². The first-order valence-corrected chi connectivity index (χ1v) is 4.02. The number of fused-ring (bicyclic) bond motifs is 2. The molecular formula is C7H13N3O. The maximum absolute atomic E-state index is 9.80. The molecule has 0 aromatic rings. The van der Waals surface area contributed by atoms with E-state index in [1.54, 1.807) is 0 Å². The molecule has 0 aromatic heterocycles. The first-order chi connectivity index (χ1) is 5.18. The summed E-state index contributed by atoms with van der Waals surface area (Å²) in [7, 11) is 0. The Balaban J connectivity index is 2.23. The Morgan fingerprint density at radius 3 is 3.27 bits per heavy atom. The fourth-order valence-electron chi connectivity index (χ4n) is 1.92. The smallest absolute Gasteiger partial charge is 0.191 e. The summed E-state index contributed by atoms with van der Waals surface area (Å²) in [5, 5.41) is 12.6. The summed E-state index contributed by atoms with van der Waals surface area (Å²) in [5.41, 5.74) is 4.73. The molecule has 2 unspecified atom stereocenters. The van der Waals surface area contributed by atoms with Gasteiger partial charge < -0.3 is 16.2 Å². The maximum Gasteiger partial charge on any atom is 0.191 e. The van der Waals surface area contributed by atoms with Gasteiger partial charge in [0, 0.05) is 6.42 Å². The molecule has 1 saturated carbocycles. The highest BCUT2D eigenvalue weighted by Crippen LogP contribution is 2.30. The number of aliphatic imine (C=N–C) groups is 1. The minimum absolute atomic E-state index is 0.245. The SMILES string of the molecule is NC1=NC2CCCC(O)(C2)N1. The number of hydrogen-bond acceptors (Lipinski definition) is 4. The van der Waals surface area contributed by atoms with Crippen LogP contribution in [-0.2, 0) is 0 Å². The Hall–Kier alpha value is -0.770. The Labute approximate surface area is 65.5 Å². The van der Waals surface area contributed by atoms with Crippen LogP contribution in [0.1, 0.15) is 25.7 Å². The van der Waals surface area contributed by atoms with Crippen molar-refractivity contribution in [2.24, 2.45) is 10.7 Å². The summed E-state index contributed by atoms with van der Waals surface area (Å²) in [4.78, 5) is 4.17. The molecule has 1 aliphatic carbocycles. The Morgan fingerprint density at radius 2 is 2.55 bits per heavy atom. The summed E-state index contributed by atoms with van der Waals surface area (Å²) >= 11 is 0. The molecule has 1 heterocycles. The van der Waals surface area contributed by atoms with Crippen molar-refractivity contribution in [1.29, 1.82) is 0 Å². The van der Waals surface area contributed by atoms with E-state index in [1.165, 1.54) is 0 Å². The topological polar surface area (TPSA) is 70.6 Å². The van der Waals surface area contributed by atoms with Crippen molar-refractivity contribution in [3.8, 4) is 0 Å². The van der Waals surface area contributed by atoms with E-state index in [4.69, 9.17) is 5.73 Å². The normalized spacial score (nSPS) is 42.6. The molecule has 4 heteroatoms. The van der Waals surface area contributed by atoms with E-state index >= 15 is 0 Å². The van der Waals surface area contributed by atoms with Crippen LogP contribution in [0.4, 0.5) is 0 Å². The van der Waals surface area contributed by atoms with E-state index < -0.39 is 5.72 Å². The summed E-state index contributed by atoms with van der Waals surface area (Å²) in [5.74, 6) is 0.392. The third kappa shape index (κ3) is 1.18. The number of guanidine groups is 1. The molecule has 2 aliphatic rings. The molecule has 62 valence electrons. The molecule has 0 amide bonds. The number of nitrogens with two attached hydrogens (primary N) is 1. The fraction of sp³-hybridized carbons (Fsp3) is 0.857. The molecule has 0 aromatic carbocycles. The van der Waals surface area contributed by atoms with Gasteiger partial charge in [0.25, 0.3) is 0 Å². The standard InChI is InChI=1S/C7H13N3O/c8-6-9-5-2-1-3-7(11,4-5)10-6/h5,11H,1-4H2,(H3,8,9,10). The van der Waals surface area contributed by atoms with E-state index in [1.807, 2.05) is 0 Å². The van der Waals surface area contributed by atoms with E-state index in [-0.39, 0.29) is 6.04 Å². The third-order valence-corrected chi connectivity index (χ3v) is 2.38. The van der Waals surface area contributed by atoms with Crippen molar-refractivity contribution < 1.29 is 5.11 Å². The van der Waals surface area contributed by atoms with Crippen molar-refractivity contribution >= 4 is 5.96 Å². The van der Waals surface area contributed by atoms with Crippen LogP contribution in [0.25, 0.3) is 0 Å². The van der Waals surface area contributed by atoms with E-state index in [0.29, 0.717) is 12.4 Å². The van der Waals surface area contributed by atoms with Crippen molar-refractivity contribution in [1.82, 2.24) is 5.32 Å². The van der Waals surface area contributed by atoms with Crippen LogP contribution in [0.2, 0.25) is 0 Å². The average Bonchev–Trinajstić information content (AvgIpc) is 1.82. The number of hydrogen-bond donors (Lipinski definition) is 3. The molecule has 1 fully saturated rings. The van der Waals surface area contributed by atoms with Crippen molar-refractivity contribution in [2.75, 3.05) is 0 Å². The predicted octanol–water partition coefficient (Wildman–Crippen LogP) is -0.465. The van der Waals surface area contributed by atoms with Gasteiger partial charge in [-0.3, -0.25) is 0 Å². The predicted molar refractivity (Wildman–Crippen MR) is 42.0 cm³/mol. The lowest BCUT2D eigenvalue weighted by molar-refractivity contribution is -0.0227. The zero-order valence-corrected chi connectivity index (χ0v) is 6.38. The van der Waals surface area contributed by atoms with Gasteiger partial charge in [-0.2, -0.15) is 0 Å². The molecular weight excluding hydrogens is 142 g/mol. The summed E-state index contributed by atoms with van der Waals surface area (Å²) in [6.45, 7) is 0. The quantitative estimate of drug-likeness (QED) is 0.443. The number of nitrogens with zero attached hydrogens (tertiary/aromatic N) is 1. The number of nitrogens with one attached hydrogen (secondary N) is 1. The van der Waals surface area contributed by atoms with Gasteiger partial charge in [-0.15, -0.1) is 0 Å². The van der Waals surface area contributed by atoms with Gasteiger partial charge in [-0.25, -0.2) is 4.99 Å². The molecule has 0 spiro atoms. The van der Waals surface area contributed by atoms with Gasteiger partial charge in [0.1, 0.15) is 5.72 Å². The summed E-state index contributed by atoms with van der Waals surface area (Å²) in [6.07, 6.45) is 3.60. The summed E-state index contributed by atoms with van der Waals surface area (Å²) in [6, 6.07) is 0.245. The summed E-state index contributed by atoms with van der Waals surface area (Å²) < 4.78 is 0. The Bertz CT molecular complexity index is 204. The zero-order chi connectivity index (χ0) is 7.90. The van der Waals surface area contributed by atoms with Crippen LogP contribution >= 0.6 is 0 Å². The van der Waals surface area contributed by atoms with Crippen LogP contribution < -0.4 is 11.1 Å². The van der Waals surface area contributed by atoms with E-state index in [0.717, 1.165) is 19.3 Å². The van der Waals surface area contributed by atoms with Crippen LogP contribution in [0, 0.1) is 0 Å². The van der Waals surface area contributed by atoms with Gasteiger partial charge in [-0.05, 0) is 19.3 Å². The fourth-order valence-corrected chi connectivity index (χ4v) is 1.92. The second-order valence-corrected chi connectivity index (χ2v) is 3.42. The molecule has 11 heavy (non-hydrogen) atoms. The lowest BCUT2D eigenvalue weighted by Crippen LogP contribution is -2.58. The molecule has 1 aliphatic heterocycles. The second kappa shape index (κ2) is 2.11. The van der Waals surface area contributed by atoms with E-state index in [2.05, 4.69) is 10.3 Å². The largest absolute Gasteiger partial charge is 0.371 e. The van der Waals surface area contributed by atoms with Gasteiger partial charge in [0.2, 0.25) is 0 Å². The molecule has 4 N–H and O–H groups in total. The molecule has 2 rings (SSSR count). The molecule has 0 saturated heterocycles. The van der Waals surface area contributed by atoms with Crippen molar-refractivity contribution in [3.05, 3.63) is 0 Å². The molecule has 2 bridgehead atoms. The number of aliphatic hydroxyl groups is 1. The second-order valence-electron chi connectivity index (χ2n) is 3.42. The van der Waals surface area contributed by atoms with Crippen LogP contribution in [-0.4, -0.2) is 22.8 Å². The van der Waals surface area contributed by atoms with E-state index in [9.17, 15) is 5.11 Å². The highest BCUT2D eigenvalue weighted by atomic mass is 16.3. The van der Waals surface area contributed by atoms with Gasteiger partial charge in [0.05, 0.1) is 6.04 Å². The Kier molecular flexibility index (Phi) is 1.32. The van der Waals surface area contributed by atoms with Crippen molar-refractivity contribution in [2.45, 2.75) is 37.5 Å². The van der Waals surface area contributed by atoms with Crippen LogP contribution in [0.5, 0.6) is 0 Å². The van der Waals surface area contributed by atoms with Crippen molar-refractivity contribution in [3.63, 3.8) is 0 Å². The Morgan fingerprint density at radius 1 is 1.73 bits per heavy atom. The first kappa shape index (κ1) is 6.91. The minimum Gasteiger partial charge on any atom is -0.371 e. The average molecular weight is 155 g/mol. The maximum atomic E-state index is 9.80.